The number of urea groups is 1. The average Bonchev–Trinajstić information content (AvgIpc) is 3.07. The summed E-state index contributed by atoms with van der Waals surface area (Å²) in [5.41, 5.74) is 3.72. The van der Waals surface area contributed by atoms with E-state index in [9.17, 15) is 19.5 Å². The number of aliphatic hydroxyl groups is 1. The first kappa shape index (κ1) is 22.5. The zero-order valence-electron chi connectivity index (χ0n) is 17.8. The maximum atomic E-state index is 12.9. The highest BCUT2D eigenvalue weighted by molar-refractivity contribution is 6.30. The molecular formula is C25H22ClN3O4. The fourth-order valence-electron chi connectivity index (χ4n) is 3.71. The smallest absolute Gasteiger partial charge is 0.325 e. The summed E-state index contributed by atoms with van der Waals surface area (Å²) in [5.74, 6) is -1.17. The van der Waals surface area contributed by atoms with Gasteiger partial charge in [-0.25, -0.2) is 4.79 Å². The van der Waals surface area contributed by atoms with Crippen LogP contribution in [0.4, 0.5) is 10.5 Å². The van der Waals surface area contributed by atoms with E-state index in [2.05, 4.69) is 10.6 Å². The Morgan fingerprint density at radius 2 is 1.79 bits per heavy atom. The van der Waals surface area contributed by atoms with Crippen molar-refractivity contribution in [3.05, 3.63) is 88.9 Å². The summed E-state index contributed by atoms with van der Waals surface area (Å²) in [4.78, 5) is 38.4. The number of hydrogen-bond donors (Lipinski definition) is 3. The Bertz CT molecular complexity index is 1210. The van der Waals surface area contributed by atoms with E-state index in [1.54, 1.807) is 48.5 Å². The standard InChI is InChI=1S/C25H22ClN3O4/c1-15-4-2-7-20(12-15)27-21(30)14-29-24(32)22(28-25(29)33)23(31)18-6-3-5-17(13-18)16-8-10-19(26)11-9-16/h2-13,22-23,31H,14H2,1H3,(H,27,30)(H,28,33). The highest BCUT2D eigenvalue weighted by atomic mass is 35.5. The van der Waals surface area contributed by atoms with Crippen molar-refractivity contribution in [1.82, 2.24) is 10.2 Å². The van der Waals surface area contributed by atoms with E-state index in [-0.39, 0.29) is 0 Å². The number of aryl methyl sites for hydroxylation is 1. The van der Waals surface area contributed by atoms with Crippen LogP contribution in [-0.4, -0.2) is 40.4 Å². The second kappa shape index (κ2) is 9.44. The van der Waals surface area contributed by atoms with Gasteiger partial charge in [0.2, 0.25) is 5.91 Å². The highest BCUT2D eigenvalue weighted by Gasteiger charge is 2.43. The summed E-state index contributed by atoms with van der Waals surface area (Å²) in [6.45, 7) is 1.44. The maximum Gasteiger partial charge on any atom is 0.325 e. The number of carbonyl (C=O) groups is 3. The average molecular weight is 464 g/mol. The summed E-state index contributed by atoms with van der Waals surface area (Å²) in [5, 5.41) is 16.6. The van der Waals surface area contributed by atoms with Crippen LogP contribution in [0, 0.1) is 6.92 Å². The Hall–Kier alpha value is -3.68. The van der Waals surface area contributed by atoms with E-state index >= 15 is 0 Å². The molecule has 168 valence electrons. The van der Waals surface area contributed by atoms with Crippen molar-refractivity contribution < 1.29 is 19.5 Å². The van der Waals surface area contributed by atoms with Gasteiger partial charge in [0.25, 0.3) is 5.91 Å². The lowest BCUT2D eigenvalue weighted by Gasteiger charge is -2.18. The molecule has 8 heteroatoms. The van der Waals surface area contributed by atoms with Crippen molar-refractivity contribution in [1.29, 1.82) is 0 Å². The van der Waals surface area contributed by atoms with Crippen molar-refractivity contribution in [2.24, 2.45) is 0 Å². The quantitative estimate of drug-likeness (QED) is 0.483. The Kier molecular flexibility index (Phi) is 6.44. The van der Waals surface area contributed by atoms with Crippen molar-refractivity contribution in [3.8, 4) is 11.1 Å². The summed E-state index contributed by atoms with van der Waals surface area (Å²) in [6.07, 6.45) is -1.28. The molecule has 0 aliphatic carbocycles. The van der Waals surface area contributed by atoms with Gasteiger partial charge in [-0.3, -0.25) is 14.5 Å². The van der Waals surface area contributed by atoms with Gasteiger partial charge < -0.3 is 15.7 Å². The molecule has 1 fully saturated rings. The first-order valence-corrected chi connectivity index (χ1v) is 10.7. The molecular weight excluding hydrogens is 442 g/mol. The fourth-order valence-corrected chi connectivity index (χ4v) is 3.83. The van der Waals surface area contributed by atoms with Gasteiger partial charge in [-0.15, -0.1) is 0 Å². The summed E-state index contributed by atoms with van der Waals surface area (Å²) < 4.78 is 0. The normalized spacial score (nSPS) is 16.5. The lowest BCUT2D eigenvalue weighted by Crippen LogP contribution is -2.39. The van der Waals surface area contributed by atoms with Gasteiger partial charge in [0, 0.05) is 10.7 Å². The lowest BCUT2D eigenvalue weighted by molar-refractivity contribution is -0.132. The van der Waals surface area contributed by atoms with E-state index < -0.39 is 36.5 Å². The van der Waals surface area contributed by atoms with Crippen LogP contribution in [0.3, 0.4) is 0 Å². The molecule has 4 amide bonds. The first-order valence-electron chi connectivity index (χ1n) is 10.3. The molecule has 3 aromatic carbocycles. The molecule has 1 aliphatic rings. The molecule has 33 heavy (non-hydrogen) atoms. The minimum Gasteiger partial charge on any atom is -0.386 e. The third-order valence-electron chi connectivity index (χ3n) is 5.38. The van der Waals surface area contributed by atoms with Gasteiger partial charge in [0.15, 0.2) is 0 Å². The molecule has 0 radical (unpaired) electrons. The van der Waals surface area contributed by atoms with Crippen molar-refractivity contribution in [2.75, 3.05) is 11.9 Å². The van der Waals surface area contributed by atoms with Gasteiger partial charge in [-0.1, -0.05) is 54.1 Å². The van der Waals surface area contributed by atoms with Crippen LogP contribution in [0.15, 0.2) is 72.8 Å². The van der Waals surface area contributed by atoms with E-state index in [0.717, 1.165) is 21.6 Å². The number of aliphatic hydroxyl groups excluding tert-OH is 1. The van der Waals surface area contributed by atoms with Crippen LogP contribution in [0.25, 0.3) is 11.1 Å². The minimum absolute atomic E-state index is 0.452. The van der Waals surface area contributed by atoms with Gasteiger partial charge >= 0.3 is 6.03 Å². The number of hydrogen-bond acceptors (Lipinski definition) is 4. The maximum absolute atomic E-state index is 12.9. The Morgan fingerprint density at radius 3 is 2.52 bits per heavy atom. The second-order valence-electron chi connectivity index (χ2n) is 7.85. The number of anilines is 1. The number of rotatable bonds is 6. The minimum atomic E-state index is -1.28. The summed E-state index contributed by atoms with van der Waals surface area (Å²) >= 11 is 5.95. The predicted molar refractivity (Wildman–Crippen MR) is 126 cm³/mol. The van der Waals surface area contributed by atoms with E-state index in [1.807, 2.05) is 31.2 Å². The number of imide groups is 1. The fraction of sp³-hybridized carbons (Fsp3) is 0.160. The van der Waals surface area contributed by atoms with Gasteiger partial charge in [-0.2, -0.15) is 0 Å². The second-order valence-corrected chi connectivity index (χ2v) is 8.28. The Morgan fingerprint density at radius 1 is 1.06 bits per heavy atom. The Labute approximate surface area is 196 Å². The van der Waals surface area contributed by atoms with Crippen molar-refractivity contribution in [3.63, 3.8) is 0 Å². The summed E-state index contributed by atoms with van der Waals surface area (Å²) in [7, 11) is 0. The highest BCUT2D eigenvalue weighted by Crippen LogP contribution is 2.28. The predicted octanol–water partition coefficient (Wildman–Crippen LogP) is 3.91. The molecule has 2 atom stereocenters. The number of nitrogens with zero attached hydrogens (tertiary/aromatic N) is 1. The molecule has 4 rings (SSSR count). The van der Waals surface area contributed by atoms with Gasteiger partial charge in [-0.05, 0) is 59.5 Å². The monoisotopic (exact) mass is 463 g/mol. The number of nitrogens with one attached hydrogen (secondary N) is 2. The Balaban J connectivity index is 1.46. The van der Waals surface area contributed by atoms with Crippen LogP contribution in [0.1, 0.15) is 17.2 Å². The zero-order chi connectivity index (χ0) is 23.5. The van der Waals surface area contributed by atoms with Crippen LogP contribution < -0.4 is 10.6 Å². The number of halogens is 1. The first-order chi connectivity index (χ1) is 15.8. The number of benzene rings is 3. The molecule has 1 saturated heterocycles. The largest absolute Gasteiger partial charge is 0.386 e. The number of amides is 4. The molecule has 0 aromatic heterocycles. The molecule has 3 N–H and O–H groups in total. The molecule has 7 nitrogen and oxygen atoms in total. The molecule has 1 aliphatic heterocycles. The van der Waals surface area contributed by atoms with Gasteiger partial charge in [0.05, 0.1) is 0 Å². The van der Waals surface area contributed by atoms with Gasteiger partial charge in [0.1, 0.15) is 18.7 Å². The van der Waals surface area contributed by atoms with Crippen LogP contribution in [0.5, 0.6) is 0 Å². The van der Waals surface area contributed by atoms with Crippen LogP contribution >= 0.6 is 11.6 Å². The molecule has 0 bridgehead atoms. The van der Waals surface area contributed by atoms with Crippen LogP contribution in [0.2, 0.25) is 5.02 Å². The van der Waals surface area contributed by atoms with Crippen LogP contribution in [-0.2, 0) is 9.59 Å². The summed E-state index contributed by atoms with van der Waals surface area (Å²) in [6, 6.07) is 19.6. The number of carbonyl (C=O) groups excluding carboxylic acids is 3. The lowest BCUT2D eigenvalue weighted by atomic mass is 9.97. The van der Waals surface area contributed by atoms with E-state index in [1.165, 1.54) is 0 Å². The molecule has 1 heterocycles. The van der Waals surface area contributed by atoms with E-state index in [0.29, 0.717) is 16.3 Å². The van der Waals surface area contributed by atoms with E-state index in [4.69, 9.17) is 11.6 Å². The SMILES string of the molecule is Cc1cccc(NC(=O)CN2C(=O)NC(C(O)c3cccc(-c4ccc(Cl)cc4)c3)C2=O)c1. The van der Waals surface area contributed by atoms with Crippen molar-refractivity contribution in [2.45, 2.75) is 19.1 Å². The molecule has 0 spiro atoms. The molecule has 2 unspecified atom stereocenters. The molecule has 0 saturated carbocycles. The third-order valence-corrected chi connectivity index (χ3v) is 5.63. The zero-order valence-corrected chi connectivity index (χ0v) is 18.5. The third kappa shape index (κ3) is 5.05. The topological polar surface area (TPSA) is 98.7 Å². The molecule has 3 aromatic rings. The van der Waals surface area contributed by atoms with Crippen molar-refractivity contribution >= 4 is 35.1 Å².